The van der Waals surface area contributed by atoms with Crippen LogP contribution in [0.1, 0.15) is 18.9 Å². The average molecular weight is 357 g/mol. The lowest BCUT2D eigenvalue weighted by atomic mass is 10.1. The number of anilines is 1. The van der Waals surface area contributed by atoms with Crippen molar-refractivity contribution in [3.8, 4) is 17.6 Å². The lowest BCUT2D eigenvalue weighted by molar-refractivity contribution is -0.112. The van der Waals surface area contributed by atoms with E-state index >= 15 is 0 Å². The minimum Gasteiger partial charge on any atom is -0.508 e. The molecule has 2 aromatic carbocycles. The smallest absolute Gasteiger partial charge is 0.266 e. The van der Waals surface area contributed by atoms with Crippen LogP contribution < -0.4 is 10.1 Å². The van der Waals surface area contributed by atoms with Gasteiger partial charge in [0.15, 0.2) is 0 Å². The molecule has 0 saturated carbocycles. The van der Waals surface area contributed by atoms with Gasteiger partial charge >= 0.3 is 0 Å². The number of ether oxygens (including phenoxy) is 1. The Hall–Kier alpha value is -2.97. The number of hydrogen-bond donors (Lipinski definition) is 2. The summed E-state index contributed by atoms with van der Waals surface area (Å²) in [5.41, 5.74) is 0.938. The summed E-state index contributed by atoms with van der Waals surface area (Å²) in [7, 11) is 0. The van der Waals surface area contributed by atoms with E-state index in [1.54, 1.807) is 18.2 Å². The van der Waals surface area contributed by atoms with Crippen LogP contribution in [0, 0.1) is 11.3 Å². The fraction of sp³-hybridized carbons (Fsp3) is 0.158. The number of nitrogens with zero attached hydrogens (tertiary/aromatic N) is 1. The van der Waals surface area contributed by atoms with E-state index in [9.17, 15) is 15.2 Å². The Bertz CT molecular complexity index is 824. The third-order valence-corrected chi connectivity index (χ3v) is 3.46. The minimum atomic E-state index is -0.561. The van der Waals surface area contributed by atoms with Crippen molar-refractivity contribution in [3.63, 3.8) is 0 Å². The number of aromatic hydroxyl groups is 1. The second kappa shape index (κ2) is 8.76. The van der Waals surface area contributed by atoms with E-state index < -0.39 is 5.91 Å². The number of nitriles is 1. The molecule has 0 spiro atoms. The number of carbonyl (C=O) groups is 1. The molecule has 0 atom stereocenters. The third kappa shape index (κ3) is 5.27. The first-order valence-corrected chi connectivity index (χ1v) is 8.05. The van der Waals surface area contributed by atoms with Crippen LogP contribution in [-0.2, 0) is 4.79 Å². The number of carbonyl (C=O) groups excluding carboxylic acids is 1. The molecule has 5 nitrogen and oxygen atoms in total. The maximum atomic E-state index is 12.3. The van der Waals surface area contributed by atoms with Crippen LogP contribution >= 0.6 is 11.6 Å². The molecule has 1 amide bonds. The standard InChI is InChI=1S/C19H17ClN2O3/c1-2-9-25-18-8-3-15(20)11-13(18)10-14(12-21)19(24)22-16-4-6-17(23)7-5-16/h3-8,10-11,23H,2,9H2,1H3,(H,22,24)/b14-10+. The molecule has 0 unspecified atom stereocenters. The first-order valence-electron chi connectivity index (χ1n) is 7.68. The number of phenols is 1. The molecule has 25 heavy (non-hydrogen) atoms. The van der Waals surface area contributed by atoms with Gasteiger partial charge in [0, 0.05) is 16.3 Å². The Morgan fingerprint density at radius 3 is 2.68 bits per heavy atom. The normalized spacial score (nSPS) is 10.8. The Morgan fingerprint density at radius 1 is 1.32 bits per heavy atom. The zero-order valence-corrected chi connectivity index (χ0v) is 14.4. The maximum Gasteiger partial charge on any atom is 0.266 e. The van der Waals surface area contributed by atoms with Gasteiger partial charge in [-0.3, -0.25) is 4.79 Å². The molecule has 128 valence electrons. The molecular formula is C19H17ClN2O3. The summed E-state index contributed by atoms with van der Waals surface area (Å²) < 4.78 is 5.63. The highest BCUT2D eigenvalue weighted by Gasteiger charge is 2.12. The number of halogens is 1. The van der Waals surface area contributed by atoms with Gasteiger partial charge in [0.2, 0.25) is 0 Å². The second-order valence-corrected chi connectivity index (χ2v) is 5.64. The summed E-state index contributed by atoms with van der Waals surface area (Å²) in [6, 6.07) is 12.9. The molecule has 0 aliphatic carbocycles. The van der Waals surface area contributed by atoms with Crippen LogP contribution in [0.25, 0.3) is 6.08 Å². The molecule has 2 rings (SSSR count). The van der Waals surface area contributed by atoms with Gasteiger partial charge < -0.3 is 15.2 Å². The van der Waals surface area contributed by atoms with E-state index in [1.165, 1.54) is 30.3 Å². The van der Waals surface area contributed by atoms with Gasteiger partial charge in [-0.25, -0.2) is 0 Å². The van der Waals surface area contributed by atoms with E-state index in [0.29, 0.717) is 28.6 Å². The summed E-state index contributed by atoms with van der Waals surface area (Å²) in [6.45, 7) is 2.50. The van der Waals surface area contributed by atoms with Crippen molar-refractivity contribution in [3.05, 3.63) is 58.6 Å². The minimum absolute atomic E-state index is 0.0864. The molecule has 0 aliphatic heterocycles. The topological polar surface area (TPSA) is 82.3 Å². The molecule has 0 saturated heterocycles. The zero-order valence-electron chi connectivity index (χ0n) is 13.6. The quantitative estimate of drug-likeness (QED) is 0.457. The molecule has 0 fully saturated rings. The summed E-state index contributed by atoms with van der Waals surface area (Å²) in [6.07, 6.45) is 2.27. The lowest BCUT2D eigenvalue weighted by Crippen LogP contribution is -2.13. The molecule has 0 bridgehead atoms. The molecule has 0 aromatic heterocycles. The van der Waals surface area contributed by atoms with Crippen molar-refractivity contribution in [1.29, 1.82) is 5.26 Å². The van der Waals surface area contributed by atoms with E-state index in [2.05, 4.69) is 5.32 Å². The van der Waals surface area contributed by atoms with Crippen LogP contribution in [0.4, 0.5) is 5.69 Å². The predicted molar refractivity (Wildman–Crippen MR) is 97.6 cm³/mol. The van der Waals surface area contributed by atoms with Crippen molar-refractivity contribution >= 4 is 29.3 Å². The highest BCUT2D eigenvalue weighted by atomic mass is 35.5. The number of phenolic OH excluding ortho intramolecular Hbond substituents is 1. The zero-order chi connectivity index (χ0) is 18.2. The highest BCUT2D eigenvalue weighted by molar-refractivity contribution is 6.30. The monoisotopic (exact) mass is 356 g/mol. The first kappa shape index (κ1) is 18.4. The summed E-state index contributed by atoms with van der Waals surface area (Å²) in [5, 5.41) is 21.7. The van der Waals surface area contributed by atoms with E-state index in [-0.39, 0.29) is 11.3 Å². The molecule has 2 aromatic rings. The maximum absolute atomic E-state index is 12.3. The van der Waals surface area contributed by atoms with Crippen molar-refractivity contribution < 1.29 is 14.6 Å². The number of hydrogen-bond acceptors (Lipinski definition) is 4. The van der Waals surface area contributed by atoms with Crippen LogP contribution in [0.2, 0.25) is 5.02 Å². The van der Waals surface area contributed by atoms with Crippen LogP contribution in [-0.4, -0.2) is 17.6 Å². The van der Waals surface area contributed by atoms with Crippen LogP contribution in [0.15, 0.2) is 48.0 Å². The Kier molecular flexibility index (Phi) is 6.44. The van der Waals surface area contributed by atoms with Crippen molar-refractivity contribution in [2.75, 3.05) is 11.9 Å². The Labute approximate surface area is 151 Å². The van der Waals surface area contributed by atoms with Crippen molar-refractivity contribution in [1.82, 2.24) is 0 Å². The van der Waals surface area contributed by atoms with Crippen molar-refractivity contribution in [2.45, 2.75) is 13.3 Å². The van der Waals surface area contributed by atoms with Crippen LogP contribution in [0.3, 0.4) is 0 Å². The predicted octanol–water partition coefficient (Wildman–Crippen LogP) is 4.38. The number of nitrogens with one attached hydrogen (secondary N) is 1. The molecule has 0 radical (unpaired) electrons. The summed E-state index contributed by atoms with van der Waals surface area (Å²) in [5.74, 6) is 0.0803. The lowest BCUT2D eigenvalue weighted by Gasteiger charge is -2.09. The molecule has 0 aliphatic rings. The SMILES string of the molecule is CCCOc1ccc(Cl)cc1/C=C(\C#N)C(=O)Nc1ccc(O)cc1. The van der Waals surface area contributed by atoms with E-state index in [0.717, 1.165) is 6.42 Å². The van der Waals surface area contributed by atoms with Gasteiger partial charge in [-0.2, -0.15) is 5.26 Å². The highest BCUT2D eigenvalue weighted by Crippen LogP contribution is 2.26. The average Bonchev–Trinajstić information content (AvgIpc) is 2.60. The van der Waals surface area contributed by atoms with E-state index in [1.807, 2.05) is 13.0 Å². The molecular weight excluding hydrogens is 340 g/mol. The fourth-order valence-electron chi connectivity index (χ4n) is 2.02. The largest absolute Gasteiger partial charge is 0.508 e. The Balaban J connectivity index is 2.27. The van der Waals surface area contributed by atoms with Crippen molar-refractivity contribution in [2.24, 2.45) is 0 Å². The number of benzene rings is 2. The molecule has 0 heterocycles. The van der Waals surface area contributed by atoms with Gasteiger partial charge in [0.25, 0.3) is 5.91 Å². The van der Waals surface area contributed by atoms with Gasteiger partial charge in [0.05, 0.1) is 6.61 Å². The van der Waals surface area contributed by atoms with Crippen LogP contribution in [0.5, 0.6) is 11.5 Å². The number of rotatable bonds is 6. The molecule has 2 N–H and O–H groups in total. The summed E-state index contributed by atoms with van der Waals surface area (Å²) >= 11 is 6.01. The van der Waals surface area contributed by atoms with E-state index in [4.69, 9.17) is 16.3 Å². The summed E-state index contributed by atoms with van der Waals surface area (Å²) in [4.78, 5) is 12.3. The Morgan fingerprint density at radius 2 is 2.04 bits per heavy atom. The van der Waals surface area contributed by atoms with Gasteiger partial charge in [-0.15, -0.1) is 0 Å². The van der Waals surface area contributed by atoms with Gasteiger partial charge in [0.1, 0.15) is 23.1 Å². The molecule has 6 heteroatoms. The third-order valence-electron chi connectivity index (χ3n) is 3.22. The first-order chi connectivity index (χ1) is 12.0. The van der Waals surface area contributed by atoms with Gasteiger partial charge in [-0.05, 0) is 55.0 Å². The fourth-order valence-corrected chi connectivity index (χ4v) is 2.20. The van der Waals surface area contributed by atoms with Gasteiger partial charge in [-0.1, -0.05) is 18.5 Å². The second-order valence-electron chi connectivity index (χ2n) is 5.20. The number of amides is 1.